The molecule has 0 aromatic carbocycles. The summed E-state index contributed by atoms with van der Waals surface area (Å²) in [7, 11) is 0. The molecule has 7 heteroatoms. The maximum Gasteiger partial charge on any atom is 0.329 e. The lowest BCUT2D eigenvalue weighted by atomic mass is 9.72. The Morgan fingerprint density at radius 3 is 2.54 bits per heavy atom. The van der Waals surface area contributed by atoms with Crippen molar-refractivity contribution in [2.75, 3.05) is 0 Å². The number of thiophene rings is 1. The smallest absolute Gasteiger partial charge is 0.329 e. The van der Waals surface area contributed by atoms with Crippen LogP contribution in [0.25, 0.3) is 10.2 Å². The fourth-order valence-corrected chi connectivity index (χ4v) is 4.60. The second kappa shape index (κ2) is 7.02. The van der Waals surface area contributed by atoms with E-state index < -0.39 is 17.2 Å². The summed E-state index contributed by atoms with van der Waals surface area (Å²) in [6.45, 7) is 8.24. The molecule has 0 unspecified atom stereocenters. The molecule has 0 spiro atoms. The molecule has 2 heterocycles. The molecule has 142 valence electrons. The number of esters is 1. The first-order valence-corrected chi connectivity index (χ1v) is 9.89. The number of ether oxygens (including phenoxy) is 1. The van der Waals surface area contributed by atoms with Crippen molar-refractivity contribution in [2.45, 2.75) is 66.0 Å². The summed E-state index contributed by atoms with van der Waals surface area (Å²) in [4.78, 5) is 41.1. The Bertz CT molecular complexity index is 924. The van der Waals surface area contributed by atoms with E-state index in [0.717, 1.165) is 35.1 Å². The zero-order chi connectivity index (χ0) is 19.1. The van der Waals surface area contributed by atoms with E-state index in [-0.39, 0.29) is 18.1 Å². The first-order valence-electron chi connectivity index (χ1n) is 9.08. The number of H-pyrrole nitrogens is 1. The van der Waals surface area contributed by atoms with Crippen molar-refractivity contribution >= 4 is 27.5 Å². The highest BCUT2D eigenvalue weighted by atomic mass is 32.1. The van der Waals surface area contributed by atoms with Gasteiger partial charge in [-0.05, 0) is 50.0 Å². The minimum atomic E-state index is -0.572. The Hall–Kier alpha value is -1.89. The largest absolute Gasteiger partial charge is 0.461 e. The van der Waals surface area contributed by atoms with Gasteiger partial charge in [0, 0.05) is 4.88 Å². The molecule has 3 rings (SSSR count). The molecular formula is C19H26N2O4S. The summed E-state index contributed by atoms with van der Waals surface area (Å²) in [5, 5.41) is 0.436. The van der Waals surface area contributed by atoms with Crippen molar-refractivity contribution in [1.29, 1.82) is 0 Å². The molecule has 0 saturated heterocycles. The Kier molecular flexibility index (Phi) is 5.10. The van der Waals surface area contributed by atoms with Gasteiger partial charge in [0.05, 0.1) is 5.39 Å². The molecule has 6 nitrogen and oxygen atoms in total. The molecule has 2 aromatic heterocycles. The lowest BCUT2D eigenvalue weighted by Crippen LogP contribution is -2.38. The summed E-state index contributed by atoms with van der Waals surface area (Å²) < 4.78 is 6.46. The molecule has 2 aromatic rings. The van der Waals surface area contributed by atoms with Gasteiger partial charge in [-0.2, -0.15) is 0 Å². The maximum absolute atomic E-state index is 12.5. The van der Waals surface area contributed by atoms with Crippen LogP contribution in [0, 0.1) is 18.3 Å². The second-order valence-electron chi connectivity index (χ2n) is 8.25. The first kappa shape index (κ1) is 18.9. The van der Waals surface area contributed by atoms with E-state index in [1.807, 2.05) is 6.92 Å². The summed E-state index contributed by atoms with van der Waals surface area (Å²) in [6.07, 6.45) is 3.61. The second-order valence-corrected chi connectivity index (χ2v) is 9.51. The van der Waals surface area contributed by atoms with Gasteiger partial charge in [-0.1, -0.05) is 20.8 Å². The van der Waals surface area contributed by atoms with Crippen LogP contribution in [0.3, 0.4) is 0 Å². The van der Waals surface area contributed by atoms with Gasteiger partial charge in [-0.25, -0.2) is 9.36 Å². The molecule has 1 fully saturated rings. The van der Waals surface area contributed by atoms with Crippen molar-refractivity contribution in [1.82, 2.24) is 9.55 Å². The van der Waals surface area contributed by atoms with Gasteiger partial charge in [-0.3, -0.25) is 14.6 Å². The van der Waals surface area contributed by atoms with E-state index in [0.29, 0.717) is 16.1 Å². The van der Waals surface area contributed by atoms with Gasteiger partial charge in [0.2, 0.25) is 0 Å². The topological polar surface area (TPSA) is 81.2 Å². The predicted octanol–water partition coefficient (Wildman–Crippen LogP) is 3.21. The van der Waals surface area contributed by atoms with Gasteiger partial charge in [0.1, 0.15) is 17.5 Å². The average molecular weight is 378 g/mol. The molecule has 1 aliphatic rings. The molecule has 26 heavy (non-hydrogen) atoms. The number of hydrogen-bond acceptors (Lipinski definition) is 5. The normalized spacial score (nSPS) is 21.1. The van der Waals surface area contributed by atoms with Crippen LogP contribution in [0.1, 0.15) is 51.3 Å². The Morgan fingerprint density at radius 1 is 1.27 bits per heavy atom. The fourth-order valence-electron chi connectivity index (χ4n) is 3.71. The fraction of sp³-hybridized carbons (Fsp3) is 0.632. The minimum Gasteiger partial charge on any atom is -0.461 e. The summed E-state index contributed by atoms with van der Waals surface area (Å²) >= 11 is 1.35. The number of aryl methyl sites for hydroxylation is 1. The van der Waals surface area contributed by atoms with Crippen LogP contribution in [0.4, 0.5) is 0 Å². The number of fused-ring (bicyclic) bond motifs is 1. The molecular weight excluding hydrogens is 352 g/mol. The lowest BCUT2D eigenvalue weighted by Gasteiger charge is -2.36. The molecule has 0 radical (unpaired) electrons. The van der Waals surface area contributed by atoms with Crippen molar-refractivity contribution < 1.29 is 9.53 Å². The molecule has 0 aliphatic heterocycles. The highest BCUT2D eigenvalue weighted by Gasteiger charge is 2.31. The SMILES string of the molecule is Cc1cc2c(=O)n(CC(=O)OC3CCC(C(C)(C)C)CC3)c(=O)[nH]c2s1. The number of rotatable bonds is 3. The average Bonchev–Trinajstić information content (AvgIpc) is 2.91. The van der Waals surface area contributed by atoms with Gasteiger partial charge in [-0.15, -0.1) is 11.3 Å². The monoisotopic (exact) mass is 378 g/mol. The Balaban J connectivity index is 1.67. The van der Waals surface area contributed by atoms with Crippen LogP contribution < -0.4 is 11.2 Å². The van der Waals surface area contributed by atoms with Crippen LogP contribution in [-0.2, 0) is 16.1 Å². The van der Waals surface area contributed by atoms with Crippen LogP contribution in [-0.4, -0.2) is 21.6 Å². The van der Waals surface area contributed by atoms with Crippen LogP contribution in [0.15, 0.2) is 15.7 Å². The zero-order valence-electron chi connectivity index (χ0n) is 15.8. The van der Waals surface area contributed by atoms with Crippen molar-refractivity contribution in [3.63, 3.8) is 0 Å². The molecule has 1 saturated carbocycles. The number of hydrogen-bond donors (Lipinski definition) is 1. The van der Waals surface area contributed by atoms with Crippen LogP contribution >= 0.6 is 11.3 Å². The highest BCUT2D eigenvalue weighted by molar-refractivity contribution is 7.18. The lowest BCUT2D eigenvalue weighted by molar-refractivity contribution is -0.152. The molecule has 1 N–H and O–H groups in total. The van der Waals surface area contributed by atoms with E-state index >= 15 is 0 Å². The Morgan fingerprint density at radius 2 is 1.92 bits per heavy atom. The summed E-state index contributed by atoms with van der Waals surface area (Å²) in [5.41, 5.74) is -0.747. The quantitative estimate of drug-likeness (QED) is 0.832. The van der Waals surface area contributed by atoms with Gasteiger partial charge in [0.25, 0.3) is 5.56 Å². The zero-order valence-corrected chi connectivity index (χ0v) is 16.6. The molecule has 0 atom stereocenters. The number of aromatic amines is 1. The number of nitrogens with zero attached hydrogens (tertiary/aromatic N) is 1. The van der Waals surface area contributed by atoms with Gasteiger partial charge in [0.15, 0.2) is 0 Å². The number of nitrogens with one attached hydrogen (secondary N) is 1. The first-order chi connectivity index (χ1) is 12.1. The highest BCUT2D eigenvalue weighted by Crippen LogP contribution is 2.38. The molecule has 0 bridgehead atoms. The van der Waals surface area contributed by atoms with Crippen molar-refractivity contribution in [3.8, 4) is 0 Å². The van der Waals surface area contributed by atoms with E-state index in [9.17, 15) is 14.4 Å². The maximum atomic E-state index is 12.5. The summed E-state index contributed by atoms with van der Waals surface area (Å²) in [5.74, 6) is 0.107. The third kappa shape index (κ3) is 3.92. The van der Waals surface area contributed by atoms with Crippen molar-refractivity contribution in [3.05, 3.63) is 31.8 Å². The van der Waals surface area contributed by atoms with E-state index in [1.54, 1.807) is 6.07 Å². The summed E-state index contributed by atoms with van der Waals surface area (Å²) in [6, 6.07) is 1.73. The standard InChI is InChI=1S/C19H26N2O4S/c1-11-9-14-16(26-11)20-18(24)21(17(14)23)10-15(22)25-13-7-5-12(6-8-13)19(2,3)4/h9,12-13H,5-8,10H2,1-4H3,(H,20,24). The van der Waals surface area contributed by atoms with Crippen LogP contribution in [0.5, 0.6) is 0 Å². The van der Waals surface area contributed by atoms with E-state index in [2.05, 4.69) is 25.8 Å². The predicted molar refractivity (Wildman–Crippen MR) is 103 cm³/mol. The third-order valence-corrected chi connectivity index (χ3v) is 6.25. The van der Waals surface area contributed by atoms with E-state index in [4.69, 9.17) is 4.74 Å². The number of carbonyl (C=O) groups excluding carboxylic acids is 1. The molecule has 0 amide bonds. The Labute approximate surface area is 156 Å². The third-order valence-electron chi connectivity index (χ3n) is 5.28. The van der Waals surface area contributed by atoms with Crippen molar-refractivity contribution in [2.24, 2.45) is 11.3 Å². The number of aromatic nitrogens is 2. The van der Waals surface area contributed by atoms with E-state index in [1.165, 1.54) is 11.3 Å². The minimum absolute atomic E-state index is 0.122. The van der Waals surface area contributed by atoms with Crippen LogP contribution in [0.2, 0.25) is 0 Å². The van der Waals surface area contributed by atoms with Gasteiger partial charge < -0.3 is 4.74 Å². The molecule has 1 aliphatic carbocycles. The number of carbonyl (C=O) groups is 1. The van der Waals surface area contributed by atoms with Gasteiger partial charge >= 0.3 is 11.7 Å².